The van der Waals surface area contributed by atoms with Crippen molar-refractivity contribution in [3.8, 4) is 0 Å². The second-order valence-corrected chi connectivity index (χ2v) is 5.99. The van der Waals surface area contributed by atoms with Crippen molar-refractivity contribution < 1.29 is 8.42 Å². The lowest BCUT2D eigenvalue weighted by molar-refractivity contribution is 0.370. The van der Waals surface area contributed by atoms with E-state index in [2.05, 4.69) is 20.0 Å². The van der Waals surface area contributed by atoms with Crippen LogP contribution in [0.15, 0.2) is 17.3 Å². The minimum Gasteiger partial charge on any atom is -0.357 e. The highest BCUT2D eigenvalue weighted by molar-refractivity contribution is 7.89. The van der Waals surface area contributed by atoms with E-state index in [0.717, 1.165) is 0 Å². The van der Waals surface area contributed by atoms with Crippen molar-refractivity contribution >= 4 is 16.0 Å². The minimum atomic E-state index is -3.56. The maximum atomic E-state index is 12.0. The molecular weight excluding hydrogens is 254 g/mol. The summed E-state index contributed by atoms with van der Waals surface area (Å²) in [5.41, 5.74) is 0. The molecule has 0 radical (unpaired) electrons. The normalized spacial score (nSPS) is 13.6. The Morgan fingerprint density at radius 3 is 2.33 bits per heavy atom. The fourth-order valence-electron chi connectivity index (χ4n) is 1.50. The first-order valence-electron chi connectivity index (χ1n) is 5.52. The third kappa shape index (κ3) is 4.21. The highest BCUT2D eigenvalue weighted by atomic mass is 32.2. The van der Waals surface area contributed by atoms with E-state index in [1.165, 1.54) is 12.4 Å². The van der Waals surface area contributed by atoms with Crippen molar-refractivity contribution in [1.29, 1.82) is 0 Å². The van der Waals surface area contributed by atoms with Crippen LogP contribution in [-0.2, 0) is 10.0 Å². The largest absolute Gasteiger partial charge is 0.357 e. The number of likely N-dealkylation sites (N-methyl/N-ethyl adjacent to an activating group) is 1. The number of sulfonamides is 1. The lowest BCUT2D eigenvalue weighted by Gasteiger charge is -2.18. The summed E-state index contributed by atoms with van der Waals surface area (Å²) in [5, 5.41) is 2.73. The molecule has 2 N–H and O–H groups in total. The molecule has 1 unspecified atom stereocenters. The Labute approximate surface area is 108 Å². The zero-order valence-electron chi connectivity index (χ0n) is 11.0. The van der Waals surface area contributed by atoms with Gasteiger partial charge in [-0.15, -0.1) is 0 Å². The van der Waals surface area contributed by atoms with Crippen LogP contribution in [0.25, 0.3) is 0 Å². The minimum absolute atomic E-state index is 0.0621. The Morgan fingerprint density at radius 2 is 1.89 bits per heavy atom. The third-order valence-corrected chi connectivity index (χ3v) is 3.70. The smallest absolute Gasteiger partial charge is 0.243 e. The highest BCUT2D eigenvalue weighted by Gasteiger charge is 2.18. The standard InChI is InChI=1S/C10H19N5O2S/c1-8(7-15(3)4)14-18(16,17)9-5-12-10(11-2)13-6-9/h5-6,8,14H,7H2,1-4H3,(H,11,12,13). The number of hydrogen-bond donors (Lipinski definition) is 2. The molecule has 18 heavy (non-hydrogen) atoms. The lowest BCUT2D eigenvalue weighted by atomic mass is 10.3. The van der Waals surface area contributed by atoms with Crippen molar-refractivity contribution in [2.75, 3.05) is 33.0 Å². The van der Waals surface area contributed by atoms with Gasteiger partial charge in [0.1, 0.15) is 4.90 Å². The summed E-state index contributed by atoms with van der Waals surface area (Å²) in [4.78, 5) is 9.73. The van der Waals surface area contributed by atoms with Gasteiger partial charge in [-0.1, -0.05) is 0 Å². The van der Waals surface area contributed by atoms with E-state index in [1.807, 2.05) is 19.0 Å². The van der Waals surface area contributed by atoms with Crippen LogP contribution in [-0.4, -0.2) is 57.0 Å². The predicted molar refractivity (Wildman–Crippen MR) is 69.9 cm³/mol. The van der Waals surface area contributed by atoms with Crippen molar-refractivity contribution in [2.24, 2.45) is 0 Å². The maximum Gasteiger partial charge on any atom is 0.243 e. The fourth-order valence-corrected chi connectivity index (χ4v) is 2.63. The molecular formula is C10H19N5O2S. The van der Waals surface area contributed by atoms with E-state index in [4.69, 9.17) is 0 Å². The van der Waals surface area contributed by atoms with Gasteiger partial charge in [0.05, 0.1) is 12.4 Å². The van der Waals surface area contributed by atoms with Crippen LogP contribution in [0.1, 0.15) is 6.92 Å². The molecule has 1 aromatic rings. The molecule has 1 aromatic heterocycles. The second-order valence-electron chi connectivity index (χ2n) is 4.28. The average Bonchev–Trinajstić information content (AvgIpc) is 2.27. The Balaban J connectivity index is 2.79. The van der Waals surface area contributed by atoms with E-state index in [9.17, 15) is 8.42 Å². The van der Waals surface area contributed by atoms with Gasteiger partial charge < -0.3 is 10.2 Å². The molecule has 7 nitrogen and oxygen atoms in total. The Bertz CT molecular complexity index is 472. The molecule has 8 heteroatoms. The molecule has 0 saturated heterocycles. The van der Waals surface area contributed by atoms with Gasteiger partial charge in [0, 0.05) is 19.6 Å². The van der Waals surface area contributed by atoms with Crippen LogP contribution in [0.2, 0.25) is 0 Å². The van der Waals surface area contributed by atoms with Gasteiger partial charge in [-0.05, 0) is 21.0 Å². The Kier molecular flexibility index (Phi) is 5.00. The Hall–Kier alpha value is -1.25. The van der Waals surface area contributed by atoms with Crippen LogP contribution in [0.5, 0.6) is 0 Å². The summed E-state index contributed by atoms with van der Waals surface area (Å²) in [7, 11) is 1.88. The summed E-state index contributed by atoms with van der Waals surface area (Å²) in [6.07, 6.45) is 2.56. The van der Waals surface area contributed by atoms with Crippen LogP contribution < -0.4 is 10.0 Å². The van der Waals surface area contributed by atoms with E-state index < -0.39 is 10.0 Å². The summed E-state index contributed by atoms with van der Waals surface area (Å²) in [6, 6.07) is -0.186. The van der Waals surface area contributed by atoms with Gasteiger partial charge in [0.25, 0.3) is 0 Å². The topological polar surface area (TPSA) is 87.2 Å². The van der Waals surface area contributed by atoms with Crippen molar-refractivity contribution in [3.63, 3.8) is 0 Å². The molecule has 0 fully saturated rings. The maximum absolute atomic E-state index is 12.0. The number of hydrogen-bond acceptors (Lipinski definition) is 6. The van der Waals surface area contributed by atoms with E-state index in [1.54, 1.807) is 14.0 Å². The molecule has 0 aromatic carbocycles. The van der Waals surface area contributed by atoms with Crippen LogP contribution in [0.3, 0.4) is 0 Å². The summed E-state index contributed by atoms with van der Waals surface area (Å²) < 4.78 is 26.6. The van der Waals surface area contributed by atoms with Crippen molar-refractivity contribution in [2.45, 2.75) is 17.9 Å². The Morgan fingerprint density at radius 1 is 1.33 bits per heavy atom. The molecule has 1 rings (SSSR count). The molecule has 1 atom stereocenters. The summed E-state index contributed by atoms with van der Waals surface area (Å²) >= 11 is 0. The van der Waals surface area contributed by atoms with Gasteiger partial charge in [0.2, 0.25) is 16.0 Å². The van der Waals surface area contributed by atoms with E-state index in [-0.39, 0.29) is 10.9 Å². The summed E-state index contributed by atoms with van der Waals surface area (Å²) in [5.74, 6) is 0.385. The first-order valence-corrected chi connectivity index (χ1v) is 7.00. The molecule has 0 aliphatic rings. The number of nitrogens with zero attached hydrogens (tertiary/aromatic N) is 3. The van der Waals surface area contributed by atoms with Crippen LogP contribution >= 0.6 is 0 Å². The molecule has 0 bridgehead atoms. The molecule has 0 aliphatic carbocycles. The monoisotopic (exact) mass is 273 g/mol. The van der Waals surface area contributed by atoms with Gasteiger partial charge in [-0.3, -0.25) is 0 Å². The van der Waals surface area contributed by atoms with Gasteiger partial charge in [-0.2, -0.15) is 0 Å². The van der Waals surface area contributed by atoms with E-state index >= 15 is 0 Å². The zero-order chi connectivity index (χ0) is 13.8. The SMILES string of the molecule is CNc1ncc(S(=O)(=O)NC(C)CN(C)C)cn1. The molecule has 0 saturated carbocycles. The van der Waals surface area contributed by atoms with Crippen molar-refractivity contribution in [3.05, 3.63) is 12.4 Å². The number of aromatic nitrogens is 2. The van der Waals surface area contributed by atoms with Gasteiger partial charge >= 0.3 is 0 Å². The second kappa shape index (κ2) is 6.07. The van der Waals surface area contributed by atoms with Gasteiger partial charge in [-0.25, -0.2) is 23.1 Å². The zero-order valence-corrected chi connectivity index (χ0v) is 11.8. The van der Waals surface area contributed by atoms with Crippen LogP contribution in [0.4, 0.5) is 5.95 Å². The fraction of sp³-hybridized carbons (Fsp3) is 0.600. The van der Waals surface area contributed by atoms with Crippen LogP contribution in [0, 0.1) is 0 Å². The average molecular weight is 273 g/mol. The predicted octanol–water partition coefficient (Wildman–Crippen LogP) is -0.253. The van der Waals surface area contributed by atoms with E-state index in [0.29, 0.717) is 12.5 Å². The summed E-state index contributed by atoms with van der Waals surface area (Å²) in [6.45, 7) is 2.43. The van der Waals surface area contributed by atoms with Crippen molar-refractivity contribution in [1.82, 2.24) is 19.6 Å². The number of rotatable bonds is 6. The first kappa shape index (κ1) is 14.8. The molecule has 102 valence electrons. The highest BCUT2D eigenvalue weighted by Crippen LogP contribution is 2.07. The number of nitrogens with one attached hydrogen (secondary N) is 2. The molecule has 1 heterocycles. The first-order chi connectivity index (χ1) is 8.35. The third-order valence-electron chi connectivity index (χ3n) is 2.16. The number of anilines is 1. The van der Waals surface area contributed by atoms with Gasteiger partial charge in [0.15, 0.2) is 0 Å². The molecule has 0 aliphatic heterocycles. The molecule has 0 spiro atoms. The quantitative estimate of drug-likeness (QED) is 0.743. The lowest BCUT2D eigenvalue weighted by Crippen LogP contribution is -2.39. The molecule has 0 amide bonds.